The predicted octanol–water partition coefficient (Wildman–Crippen LogP) is 1.60. The first-order chi connectivity index (χ1) is 9.95. The summed E-state index contributed by atoms with van der Waals surface area (Å²) in [5, 5.41) is 13.1. The molecule has 1 aliphatic rings. The zero-order chi connectivity index (χ0) is 15.6. The van der Waals surface area contributed by atoms with E-state index in [-0.39, 0.29) is 28.1 Å². The summed E-state index contributed by atoms with van der Waals surface area (Å²) >= 11 is 5.81. The van der Waals surface area contributed by atoms with Crippen molar-refractivity contribution in [2.24, 2.45) is 0 Å². The van der Waals surface area contributed by atoms with E-state index in [0.29, 0.717) is 13.0 Å². The summed E-state index contributed by atoms with van der Waals surface area (Å²) < 4.78 is 0. The number of amides is 2. The van der Waals surface area contributed by atoms with Crippen molar-refractivity contribution in [1.29, 1.82) is 0 Å². The third-order valence-electron chi connectivity index (χ3n) is 3.45. The first-order valence-corrected chi connectivity index (χ1v) is 6.80. The van der Waals surface area contributed by atoms with Gasteiger partial charge in [-0.15, -0.1) is 0 Å². The standard InChI is InChI=1S/C13H14ClN3O4/c1-15-12(18)11-3-2-6-16(11)13(19)8-4-5-10(17(20)21)9(14)7-8/h4-5,7,11H,2-3,6H2,1H3,(H,15,18). The second kappa shape index (κ2) is 6.09. The minimum absolute atomic E-state index is 0.0958. The van der Waals surface area contributed by atoms with Crippen molar-refractivity contribution in [3.05, 3.63) is 38.9 Å². The van der Waals surface area contributed by atoms with Gasteiger partial charge in [0.25, 0.3) is 11.6 Å². The summed E-state index contributed by atoms with van der Waals surface area (Å²) in [4.78, 5) is 35.7. The van der Waals surface area contributed by atoms with Crippen LogP contribution in [-0.2, 0) is 4.79 Å². The number of carbonyl (C=O) groups is 2. The van der Waals surface area contributed by atoms with Crippen LogP contribution in [0.1, 0.15) is 23.2 Å². The number of hydrogen-bond acceptors (Lipinski definition) is 4. The highest BCUT2D eigenvalue weighted by Crippen LogP contribution is 2.27. The number of hydrogen-bond donors (Lipinski definition) is 1. The molecule has 0 saturated carbocycles. The lowest BCUT2D eigenvalue weighted by molar-refractivity contribution is -0.384. The molecule has 7 nitrogen and oxygen atoms in total. The molecule has 0 aromatic heterocycles. The molecule has 2 amide bonds. The Kier molecular flexibility index (Phi) is 4.42. The van der Waals surface area contributed by atoms with Gasteiger partial charge in [-0.05, 0) is 25.0 Å². The van der Waals surface area contributed by atoms with Crippen LogP contribution in [-0.4, -0.2) is 41.3 Å². The van der Waals surface area contributed by atoms with Crippen LogP contribution in [0.5, 0.6) is 0 Å². The van der Waals surface area contributed by atoms with Crippen molar-refractivity contribution in [3.8, 4) is 0 Å². The summed E-state index contributed by atoms with van der Waals surface area (Å²) in [7, 11) is 1.52. The summed E-state index contributed by atoms with van der Waals surface area (Å²) in [5.74, 6) is -0.563. The molecule has 0 spiro atoms. The molecule has 1 unspecified atom stereocenters. The van der Waals surface area contributed by atoms with Gasteiger partial charge in [0.2, 0.25) is 5.91 Å². The third-order valence-corrected chi connectivity index (χ3v) is 3.76. The molecular weight excluding hydrogens is 298 g/mol. The monoisotopic (exact) mass is 311 g/mol. The fourth-order valence-corrected chi connectivity index (χ4v) is 2.65. The minimum atomic E-state index is -0.611. The van der Waals surface area contributed by atoms with Crippen LogP contribution in [0.15, 0.2) is 18.2 Å². The molecule has 1 aromatic carbocycles. The van der Waals surface area contributed by atoms with Crippen molar-refractivity contribution in [2.45, 2.75) is 18.9 Å². The summed E-state index contributed by atoms with van der Waals surface area (Å²) in [5.41, 5.74) is -0.0149. The molecule has 1 saturated heterocycles. The van der Waals surface area contributed by atoms with Crippen LogP contribution < -0.4 is 5.32 Å². The normalized spacial score (nSPS) is 17.6. The smallest absolute Gasteiger partial charge is 0.287 e. The molecule has 1 aromatic rings. The van der Waals surface area contributed by atoms with E-state index in [1.165, 1.54) is 30.1 Å². The van der Waals surface area contributed by atoms with Crippen LogP contribution in [0.3, 0.4) is 0 Å². The van der Waals surface area contributed by atoms with E-state index in [9.17, 15) is 19.7 Å². The van der Waals surface area contributed by atoms with E-state index in [0.717, 1.165) is 6.42 Å². The number of likely N-dealkylation sites (N-methyl/N-ethyl adjacent to an activating group) is 1. The van der Waals surface area contributed by atoms with Crippen molar-refractivity contribution in [3.63, 3.8) is 0 Å². The second-order valence-electron chi connectivity index (χ2n) is 4.69. The van der Waals surface area contributed by atoms with Gasteiger partial charge in [-0.2, -0.15) is 0 Å². The van der Waals surface area contributed by atoms with Crippen LogP contribution in [0.2, 0.25) is 5.02 Å². The maximum Gasteiger partial charge on any atom is 0.287 e. The van der Waals surface area contributed by atoms with Crippen molar-refractivity contribution in [2.75, 3.05) is 13.6 Å². The van der Waals surface area contributed by atoms with E-state index in [1.807, 2.05) is 0 Å². The van der Waals surface area contributed by atoms with Gasteiger partial charge in [0.05, 0.1) is 4.92 Å². The Morgan fingerprint density at radius 2 is 2.19 bits per heavy atom. The van der Waals surface area contributed by atoms with Gasteiger partial charge in [-0.25, -0.2) is 0 Å². The molecule has 0 bridgehead atoms. The average Bonchev–Trinajstić information content (AvgIpc) is 2.94. The van der Waals surface area contributed by atoms with E-state index < -0.39 is 11.0 Å². The van der Waals surface area contributed by atoms with Gasteiger partial charge in [0.15, 0.2) is 0 Å². The summed E-state index contributed by atoms with van der Waals surface area (Å²) in [6.07, 6.45) is 1.34. The molecule has 8 heteroatoms. The first kappa shape index (κ1) is 15.2. The maximum absolute atomic E-state index is 12.4. The molecule has 1 aliphatic heterocycles. The van der Waals surface area contributed by atoms with E-state index in [2.05, 4.69) is 5.32 Å². The summed E-state index contributed by atoms with van der Waals surface area (Å²) in [6, 6.07) is 3.31. The first-order valence-electron chi connectivity index (χ1n) is 6.42. The summed E-state index contributed by atoms with van der Waals surface area (Å²) in [6.45, 7) is 0.478. The van der Waals surface area contributed by atoms with Gasteiger partial charge < -0.3 is 10.2 Å². The minimum Gasteiger partial charge on any atom is -0.357 e. The Labute approximate surface area is 126 Å². The number of nitro groups is 1. The number of nitro benzene ring substituents is 1. The number of nitrogens with zero attached hydrogens (tertiary/aromatic N) is 2. The molecule has 1 atom stereocenters. The highest BCUT2D eigenvalue weighted by atomic mass is 35.5. The lowest BCUT2D eigenvalue weighted by atomic mass is 10.1. The highest BCUT2D eigenvalue weighted by Gasteiger charge is 2.34. The Morgan fingerprint density at radius 3 is 2.76 bits per heavy atom. The van der Waals surface area contributed by atoms with E-state index in [4.69, 9.17) is 11.6 Å². The number of nitrogens with one attached hydrogen (secondary N) is 1. The molecule has 2 rings (SSSR count). The van der Waals surface area contributed by atoms with Gasteiger partial charge in [-0.3, -0.25) is 19.7 Å². The van der Waals surface area contributed by atoms with Crippen molar-refractivity contribution < 1.29 is 14.5 Å². The Hall–Kier alpha value is -2.15. The Bertz CT molecular complexity index is 605. The number of carbonyl (C=O) groups excluding carboxylic acids is 2. The predicted molar refractivity (Wildman–Crippen MR) is 76.2 cm³/mol. The average molecular weight is 312 g/mol. The quantitative estimate of drug-likeness (QED) is 0.678. The number of benzene rings is 1. The highest BCUT2D eigenvalue weighted by molar-refractivity contribution is 6.33. The van der Waals surface area contributed by atoms with E-state index in [1.54, 1.807) is 0 Å². The second-order valence-corrected chi connectivity index (χ2v) is 5.10. The topological polar surface area (TPSA) is 92.6 Å². The van der Waals surface area contributed by atoms with Gasteiger partial charge in [0.1, 0.15) is 11.1 Å². The SMILES string of the molecule is CNC(=O)C1CCCN1C(=O)c1ccc([N+](=O)[O-])c(Cl)c1. The van der Waals surface area contributed by atoms with Crippen LogP contribution in [0, 0.1) is 10.1 Å². The fraction of sp³-hybridized carbons (Fsp3) is 0.385. The zero-order valence-electron chi connectivity index (χ0n) is 11.3. The largest absolute Gasteiger partial charge is 0.357 e. The number of halogens is 1. The molecule has 1 heterocycles. The van der Waals surface area contributed by atoms with Crippen LogP contribution in [0.25, 0.3) is 0 Å². The van der Waals surface area contributed by atoms with Gasteiger partial charge >= 0.3 is 0 Å². The van der Waals surface area contributed by atoms with Gasteiger partial charge in [-0.1, -0.05) is 11.6 Å². The molecule has 112 valence electrons. The molecule has 1 fully saturated rings. The lowest BCUT2D eigenvalue weighted by Crippen LogP contribution is -2.44. The number of likely N-dealkylation sites (tertiary alicyclic amines) is 1. The molecule has 0 radical (unpaired) electrons. The van der Waals surface area contributed by atoms with Crippen LogP contribution in [0.4, 0.5) is 5.69 Å². The fourth-order valence-electron chi connectivity index (χ4n) is 2.40. The van der Waals surface area contributed by atoms with Crippen molar-refractivity contribution >= 4 is 29.1 Å². The Balaban J connectivity index is 2.25. The zero-order valence-corrected chi connectivity index (χ0v) is 12.1. The molecule has 21 heavy (non-hydrogen) atoms. The molecule has 1 N–H and O–H groups in total. The molecule has 0 aliphatic carbocycles. The Morgan fingerprint density at radius 1 is 1.48 bits per heavy atom. The van der Waals surface area contributed by atoms with Crippen LogP contribution >= 0.6 is 11.6 Å². The lowest BCUT2D eigenvalue weighted by Gasteiger charge is -2.23. The van der Waals surface area contributed by atoms with E-state index >= 15 is 0 Å². The number of rotatable bonds is 3. The molecular formula is C13H14ClN3O4. The van der Waals surface area contributed by atoms with Gasteiger partial charge in [0, 0.05) is 25.2 Å². The maximum atomic E-state index is 12.4. The van der Waals surface area contributed by atoms with Crippen molar-refractivity contribution in [1.82, 2.24) is 10.2 Å². The third kappa shape index (κ3) is 2.97.